The molecule has 2 heteroatoms. The van der Waals surface area contributed by atoms with E-state index in [0.29, 0.717) is 5.54 Å². The number of methoxy groups -OCH3 is 1. The molecule has 1 aromatic carbocycles. The number of hydrogen-bond donors (Lipinski definition) is 1. The standard InChI is InChI=1S/C15H23NO/c1-15(10-6-3-7-11-15)16-12-13-8-4-5-9-14(13)17-2/h4-5,8-9,16H,3,6-7,10-12H2,1-2H3. The average Bonchev–Trinajstić information content (AvgIpc) is 2.38. The maximum Gasteiger partial charge on any atom is 0.123 e. The quantitative estimate of drug-likeness (QED) is 0.859. The molecule has 1 aromatic rings. The second kappa shape index (κ2) is 5.54. The van der Waals surface area contributed by atoms with Crippen LogP contribution in [0, 0.1) is 0 Å². The van der Waals surface area contributed by atoms with Crippen molar-refractivity contribution in [2.75, 3.05) is 7.11 Å². The Morgan fingerprint density at radius 2 is 1.88 bits per heavy atom. The monoisotopic (exact) mass is 233 g/mol. The van der Waals surface area contributed by atoms with Crippen molar-refractivity contribution < 1.29 is 4.74 Å². The van der Waals surface area contributed by atoms with Gasteiger partial charge in [0.15, 0.2) is 0 Å². The van der Waals surface area contributed by atoms with Crippen LogP contribution < -0.4 is 10.1 Å². The number of benzene rings is 1. The highest BCUT2D eigenvalue weighted by Gasteiger charge is 2.25. The van der Waals surface area contributed by atoms with Gasteiger partial charge < -0.3 is 10.1 Å². The molecule has 1 aliphatic carbocycles. The summed E-state index contributed by atoms with van der Waals surface area (Å²) in [6, 6.07) is 8.26. The second-order valence-electron chi connectivity index (χ2n) is 5.29. The lowest BCUT2D eigenvalue weighted by molar-refractivity contribution is 0.251. The second-order valence-corrected chi connectivity index (χ2v) is 5.29. The van der Waals surface area contributed by atoms with Crippen LogP contribution in [0.5, 0.6) is 5.75 Å². The maximum atomic E-state index is 5.38. The zero-order chi connectivity index (χ0) is 12.1. The molecule has 2 nitrogen and oxygen atoms in total. The fourth-order valence-electron chi connectivity index (χ4n) is 2.67. The van der Waals surface area contributed by atoms with Crippen LogP contribution in [0.4, 0.5) is 0 Å². The summed E-state index contributed by atoms with van der Waals surface area (Å²) in [6.45, 7) is 3.25. The van der Waals surface area contributed by atoms with Crippen LogP contribution in [0.2, 0.25) is 0 Å². The van der Waals surface area contributed by atoms with E-state index >= 15 is 0 Å². The molecule has 0 amide bonds. The van der Waals surface area contributed by atoms with Crippen LogP contribution in [0.25, 0.3) is 0 Å². The summed E-state index contributed by atoms with van der Waals surface area (Å²) in [5, 5.41) is 3.71. The lowest BCUT2D eigenvalue weighted by atomic mass is 9.83. The topological polar surface area (TPSA) is 21.3 Å². The fourth-order valence-corrected chi connectivity index (χ4v) is 2.67. The summed E-state index contributed by atoms with van der Waals surface area (Å²) < 4.78 is 5.38. The molecule has 94 valence electrons. The molecule has 0 aromatic heterocycles. The maximum absolute atomic E-state index is 5.38. The van der Waals surface area contributed by atoms with Gasteiger partial charge in [-0.15, -0.1) is 0 Å². The Bertz CT molecular complexity index is 356. The van der Waals surface area contributed by atoms with Crippen molar-refractivity contribution in [1.82, 2.24) is 5.32 Å². The van der Waals surface area contributed by atoms with Gasteiger partial charge in [-0.3, -0.25) is 0 Å². The van der Waals surface area contributed by atoms with Crippen LogP contribution in [-0.4, -0.2) is 12.6 Å². The number of nitrogens with one attached hydrogen (secondary N) is 1. The Balaban J connectivity index is 1.96. The highest BCUT2D eigenvalue weighted by molar-refractivity contribution is 5.33. The summed E-state index contributed by atoms with van der Waals surface area (Å²) >= 11 is 0. The summed E-state index contributed by atoms with van der Waals surface area (Å²) in [6.07, 6.45) is 6.70. The molecular formula is C15H23NO. The van der Waals surface area contributed by atoms with Crippen molar-refractivity contribution >= 4 is 0 Å². The van der Waals surface area contributed by atoms with Gasteiger partial charge in [0, 0.05) is 17.6 Å². The van der Waals surface area contributed by atoms with E-state index in [1.807, 2.05) is 12.1 Å². The van der Waals surface area contributed by atoms with E-state index in [9.17, 15) is 0 Å². The van der Waals surface area contributed by atoms with Crippen LogP contribution in [0.1, 0.15) is 44.6 Å². The molecule has 1 aliphatic rings. The summed E-state index contributed by atoms with van der Waals surface area (Å²) in [5.41, 5.74) is 1.57. The van der Waals surface area contributed by atoms with Gasteiger partial charge in [-0.25, -0.2) is 0 Å². The summed E-state index contributed by atoms with van der Waals surface area (Å²) in [5.74, 6) is 0.986. The highest BCUT2D eigenvalue weighted by Crippen LogP contribution is 2.28. The minimum atomic E-state index is 0.319. The van der Waals surface area contributed by atoms with Gasteiger partial charge in [0.1, 0.15) is 5.75 Å². The smallest absolute Gasteiger partial charge is 0.123 e. The molecule has 17 heavy (non-hydrogen) atoms. The first kappa shape index (κ1) is 12.4. The van der Waals surface area contributed by atoms with Gasteiger partial charge in [-0.1, -0.05) is 37.5 Å². The Morgan fingerprint density at radius 1 is 1.18 bits per heavy atom. The molecule has 1 fully saturated rings. The van der Waals surface area contributed by atoms with Crippen molar-refractivity contribution in [2.24, 2.45) is 0 Å². The van der Waals surface area contributed by atoms with E-state index in [0.717, 1.165) is 12.3 Å². The molecular weight excluding hydrogens is 210 g/mol. The molecule has 0 radical (unpaired) electrons. The summed E-state index contributed by atoms with van der Waals surface area (Å²) in [7, 11) is 1.74. The van der Waals surface area contributed by atoms with Gasteiger partial charge >= 0.3 is 0 Å². The lowest BCUT2D eigenvalue weighted by Gasteiger charge is -2.35. The highest BCUT2D eigenvalue weighted by atomic mass is 16.5. The van der Waals surface area contributed by atoms with E-state index in [1.54, 1.807) is 7.11 Å². The van der Waals surface area contributed by atoms with Crippen molar-refractivity contribution in [3.8, 4) is 5.75 Å². The van der Waals surface area contributed by atoms with Crippen LogP contribution in [0.15, 0.2) is 24.3 Å². The molecule has 0 saturated heterocycles. The first-order valence-electron chi connectivity index (χ1n) is 6.60. The van der Waals surface area contributed by atoms with Gasteiger partial charge in [0.25, 0.3) is 0 Å². The predicted octanol–water partition coefficient (Wildman–Crippen LogP) is 3.51. The van der Waals surface area contributed by atoms with Gasteiger partial charge in [-0.05, 0) is 25.8 Å². The minimum absolute atomic E-state index is 0.319. The zero-order valence-electron chi connectivity index (χ0n) is 11.0. The predicted molar refractivity (Wildman–Crippen MR) is 71.3 cm³/mol. The third kappa shape index (κ3) is 3.22. The van der Waals surface area contributed by atoms with Crippen molar-refractivity contribution in [1.29, 1.82) is 0 Å². The van der Waals surface area contributed by atoms with Crippen molar-refractivity contribution in [3.05, 3.63) is 29.8 Å². The first-order valence-corrected chi connectivity index (χ1v) is 6.60. The molecule has 1 saturated carbocycles. The van der Waals surface area contributed by atoms with E-state index in [2.05, 4.69) is 24.4 Å². The first-order chi connectivity index (χ1) is 8.23. The minimum Gasteiger partial charge on any atom is -0.496 e. The Kier molecular flexibility index (Phi) is 4.06. The molecule has 0 spiro atoms. The molecule has 1 N–H and O–H groups in total. The van der Waals surface area contributed by atoms with E-state index < -0.39 is 0 Å². The fraction of sp³-hybridized carbons (Fsp3) is 0.600. The van der Waals surface area contributed by atoms with Gasteiger partial charge in [0.2, 0.25) is 0 Å². The van der Waals surface area contributed by atoms with Gasteiger partial charge in [-0.2, -0.15) is 0 Å². The average molecular weight is 233 g/mol. The molecule has 2 rings (SSSR count). The van der Waals surface area contributed by atoms with E-state index in [1.165, 1.54) is 37.7 Å². The molecule has 0 heterocycles. The third-order valence-electron chi connectivity index (χ3n) is 3.86. The Morgan fingerprint density at radius 3 is 2.59 bits per heavy atom. The van der Waals surface area contributed by atoms with Crippen molar-refractivity contribution in [3.63, 3.8) is 0 Å². The number of hydrogen-bond acceptors (Lipinski definition) is 2. The van der Waals surface area contributed by atoms with Crippen LogP contribution in [0.3, 0.4) is 0 Å². The van der Waals surface area contributed by atoms with Gasteiger partial charge in [0.05, 0.1) is 7.11 Å². The molecule has 0 atom stereocenters. The number of para-hydroxylation sites is 1. The zero-order valence-corrected chi connectivity index (χ0v) is 11.0. The molecule has 0 aliphatic heterocycles. The van der Waals surface area contributed by atoms with Crippen LogP contribution in [-0.2, 0) is 6.54 Å². The molecule has 0 unspecified atom stereocenters. The van der Waals surface area contributed by atoms with E-state index in [-0.39, 0.29) is 0 Å². The lowest BCUT2D eigenvalue weighted by Crippen LogP contribution is -2.43. The molecule has 0 bridgehead atoms. The number of rotatable bonds is 4. The summed E-state index contributed by atoms with van der Waals surface area (Å²) in [4.78, 5) is 0. The normalized spacial score (nSPS) is 18.9. The van der Waals surface area contributed by atoms with Crippen molar-refractivity contribution in [2.45, 2.75) is 51.1 Å². The SMILES string of the molecule is COc1ccccc1CNC1(C)CCCCC1. The Labute approximate surface area is 104 Å². The third-order valence-corrected chi connectivity index (χ3v) is 3.86. The number of ether oxygens (including phenoxy) is 1. The largest absolute Gasteiger partial charge is 0.496 e. The Hall–Kier alpha value is -1.02. The van der Waals surface area contributed by atoms with E-state index in [4.69, 9.17) is 4.74 Å². The van der Waals surface area contributed by atoms with Crippen LogP contribution >= 0.6 is 0 Å².